The molecule has 19 heavy (non-hydrogen) atoms. The molecule has 0 heterocycles. The molecule has 1 heteroatoms. The van der Waals surface area contributed by atoms with Gasteiger partial charge in [0.2, 0.25) is 0 Å². The van der Waals surface area contributed by atoms with E-state index in [2.05, 4.69) is 52.0 Å². The van der Waals surface area contributed by atoms with Crippen molar-refractivity contribution < 1.29 is 5.11 Å². The highest BCUT2D eigenvalue weighted by atomic mass is 16.3. The van der Waals surface area contributed by atoms with Crippen LogP contribution in [0.4, 0.5) is 0 Å². The molecule has 0 spiro atoms. The van der Waals surface area contributed by atoms with E-state index in [0.29, 0.717) is 0 Å². The standard InChI is InChI=1S/C18H30O/c1-5-6-7-8-9-17(19)14-18(3,4)16-12-10-15(2)11-13-16/h10-13,17,19H,5-9,14H2,1-4H3. The molecule has 0 saturated carbocycles. The molecule has 0 fully saturated rings. The molecule has 0 aliphatic rings. The van der Waals surface area contributed by atoms with Crippen molar-refractivity contribution in [1.82, 2.24) is 0 Å². The minimum Gasteiger partial charge on any atom is -0.393 e. The van der Waals surface area contributed by atoms with E-state index in [4.69, 9.17) is 0 Å². The van der Waals surface area contributed by atoms with E-state index in [1.165, 1.54) is 30.4 Å². The van der Waals surface area contributed by atoms with Crippen LogP contribution in [0.3, 0.4) is 0 Å². The molecule has 1 aromatic rings. The summed E-state index contributed by atoms with van der Waals surface area (Å²) in [4.78, 5) is 0. The second kappa shape index (κ2) is 7.69. The van der Waals surface area contributed by atoms with Crippen LogP contribution in [0, 0.1) is 6.92 Å². The molecule has 1 nitrogen and oxygen atoms in total. The van der Waals surface area contributed by atoms with E-state index in [9.17, 15) is 5.11 Å². The third-order valence-electron chi connectivity index (χ3n) is 3.97. The number of aliphatic hydroxyl groups excluding tert-OH is 1. The lowest BCUT2D eigenvalue weighted by molar-refractivity contribution is 0.126. The summed E-state index contributed by atoms with van der Waals surface area (Å²) >= 11 is 0. The van der Waals surface area contributed by atoms with Crippen LogP contribution in [-0.4, -0.2) is 11.2 Å². The molecule has 0 saturated heterocycles. The first-order valence-electron chi connectivity index (χ1n) is 7.71. The van der Waals surface area contributed by atoms with Crippen molar-refractivity contribution >= 4 is 0 Å². The maximum absolute atomic E-state index is 10.2. The Morgan fingerprint density at radius 2 is 1.68 bits per heavy atom. The smallest absolute Gasteiger partial charge is 0.0548 e. The second-order valence-electron chi connectivity index (χ2n) is 6.46. The number of unbranched alkanes of at least 4 members (excludes halogenated alkanes) is 3. The van der Waals surface area contributed by atoms with Crippen LogP contribution in [-0.2, 0) is 5.41 Å². The normalized spacial score (nSPS) is 13.5. The van der Waals surface area contributed by atoms with Crippen molar-refractivity contribution in [1.29, 1.82) is 0 Å². The van der Waals surface area contributed by atoms with Gasteiger partial charge in [-0.3, -0.25) is 0 Å². The molecule has 0 bridgehead atoms. The van der Waals surface area contributed by atoms with Gasteiger partial charge in [0, 0.05) is 0 Å². The van der Waals surface area contributed by atoms with Crippen molar-refractivity contribution in [2.75, 3.05) is 0 Å². The first-order chi connectivity index (χ1) is 8.95. The summed E-state index contributed by atoms with van der Waals surface area (Å²) in [6, 6.07) is 8.70. The lowest BCUT2D eigenvalue weighted by Crippen LogP contribution is -2.24. The highest BCUT2D eigenvalue weighted by Gasteiger charge is 2.23. The highest BCUT2D eigenvalue weighted by Crippen LogP contribution is 2.29. The van der Waals surface area contributed by atoms with Crippen molar-refractivity contribution in [2.24, 2.45) is 0 Å². The lowest BCUT2D eigenvalue weighted by atomic mass is 9.79. The zero-order chi connectivity index (χ0) is 14.3. The van der Waals surface area contributed by atoms with Crippen molar-refractivity contribution in [3.8, 4) is 0 Å². The van der Waals surface area contributed by atoms with E-state index in [-0.39, 0.29) is 11.5 Å². The summed E-state index contributed by atoms with van der Waals surface area (Å²) in [5.41, 5.74) is 2.67. The van der Waals surface area contributed by atoms with Gasteiger partial charge < -0.3 is 5.11 Å². The molecule has 1 aromatic carbocycles. The van der Waals surface area contributed by atoms with Crippen molar-refractivity contribution in [3.05, 3.63) is 35.4 Å². The predicted molar refractivity (Wildman–Crippen MR) is 83.6 cm³/mol. The first kappa shape index (κ1) is 16.2. The van der Waals surface area contributed by atoms with Crippen LogP contribution in [0.2, 0.25) is 0 Å². The molecule has 0 radical (unpaired) electrons. The number of benzene rings is 1. The van der Waals surface area contributed by atoms with Gasteiger partial charge in [-0.05, 0) is 30.7 Å². The molecule has 1 rings (SSSR count). The summed E-state index contributed by atoms with van der Waals surface area (Å²) in [6.45, 7) is 8.79. The van der Waals surface area contributed by atoms with Crippen LogP contribution in [0.1, 0.15) is 70.4 Å². The maximum Gasteiger partial charge on any atom is 0.0548 e. The zero-order valence-electron chi connectivity index (χ0n) is 13.1. The van der Waals surface area contributed by atoms with E-state index >= 15 is 0 Å². The lowest BCUT2D eigenvalue weighted by Gasteiger charge is -2.28. The summed E-state index contributed by atoms with van der Waals surface area (Å²) < 4.78 is 0. The van der Waals surface area contributed by atoms with Gasteiger partial charge in [-0.1, -0.05) is 76.3 Å². The summed E-state index contributed by atoms with van der Waals surface area (Å²) in [7, 11) is 0. The minimum absolute atomic E-state index is 0.0534. The molecule has 0 aliphatic carbocycles. The van der Waals surface area contributed by atoms with Crippen LogP contribution >= 0.6 is 0 Å². The zero-order valence-corrected chi connectivity index (χ0v) is 13.1. The third kappa shape index (κ3) is 5.78. The average Bonchev–Trinajstić information content (AvgIpc) is 2.34. The van der Waals surface area contributed by atoms with Crippen molar-refractivity contribution in [3.63, 3.8) is 0 Å². The van der Waals surface area contributed by atoms with Gasteiger partial charge in [0.15, 0.2) is 0 Å². The quantitative estimate of drug-likeness (QED) is 0.654. The Bertz CT molecular complexity index is 350. The summed E-state index contributed by atoms with van der Waals surface area (Å²) in [5.74, 6) is 0. The Balaban J connectivity index is 2.46. The molecule has 1 unspecified atom stereocenters. The van der Waals surface area contributed by atoms with Gasteiger partial charge in [0.05, 0.1) is 6.10 Å². The Hall–Kier alpha value is -0.820. The number of aliphatic hydroxyl groups is 1. The van der Waals surface area contributed by atoms with Gasteiger partial charge in [-0.25, -0.2) is 0 Å². The van der Waals surface area contributed by atoms with Crippen LogP contribution in [0.15, 0.2) is 24.3 Å². The summed E-state index contributed by atoms with van der Waals surface area (Å²) in [5, 5.41) is 10.2. The Labute approximate surface area is 119 Å². The topological polar surface area (TPSA) is 20.2 Å². The molecular weight excluding hydrogens is 232 g/mol. The summed E-state index contributed by atoms with van der Waals surface area (Å²) in [6.07, 6.45) is 6.56. The molecule has 0 aromatic heterocycles. The first-order valence-corrected chi connectivity index (χ1v) is 7.71. The molecule has 108 valence electrons. The average molecular weight is 262 g/mol. The molecule has 1 N–H and O–H groups in total. The van der Waals surface area contributed by atoms with E-state index in [1.807, 2.05) is 0 Å². The molecule has 1 atom stereocenters. The monoisotopic (exact) mass is 262 g/mol. The second-order valence-corrected chi connectivity index (χ2v) is 6.46. The fourth-order valence-corrected chi connectivity index (χ4v) is 2.62. The van der Waals surface area contributed by atoms with Crippen LogP contribution in [0.25, 0.3) is 0 Å². The fourth-order valence-electron chi connectivity index (χ4n) is 2.62. The van der Waals surface area contributed by atoms with E-state index < -0.39 is 0 Å². The Morgan fingerprint density at radius 3 is 2.26 bits per heavy atom. The number of rotatable bonds is 8. The van der Waals surface area contributed by atoms with Gasteiger partial charge in [-0.2, -0.15) is 0 Å². The largest absolute Gasteiger partial charge is 0.393 e. The van der Waals surface area contributed by atoms with Gasteiger partial charge in [-0.15, -0.1) is 0 Å². The molecular formula is C18H30O. The SMILES string of the molecule is CCCCCCC(O)CC(C)(C)c1ccc(C)cc1. The van der Waals surface area contributed by atoms with E-state index in [0.717, 1.165) is 19.3 Å². The predicted octanol–water partition coefficient (Wildman–Crippen LogP) is 4.99. The van der Waals surface area contributed by atoms with Gasteiger partial charge >= 0.3 is 0 Å². The molecule has 0 amide bonds. The minimum atomic E-state index is -0.173. The number of hydrogen-bond donors (Lipinski definition) is 1. The molecule has 0 aliphatic heterocycles. The van der Waals surface area contributed by atoms with Crippen LogP contribution < -0.4 is 0 Å². The maximum atomic E-state index is 10.2. The highest BCUT2D eigenvalue weighted by molar-refractivity contribution is 5.27. The number of hydrogen-bond acceptors (Lipinski definition) is 1. The Kier molecular flexibility index (Phi) is 6.57. The number of aryl methyl sites for hydroxylation is 1. The fraction of sp³-hybridized carbons (Fsp3) is 0.667. The third-order valence-corrected chi connectivity index (χ3v) is 3.97. The van der Waals surface area contributed by atoms with E-state index in [1.54, 1.807) is 0 Å². The van der Waals surface area contributed by atoms with Gasteiger partial charge in [0.25, 0.3) is 0 Å². The van der Waals surface area contributed by atoms with Crippen molar-refractivity contribution in [2.45, 2.75) is 77.7 Å². The van der Waals surface area contributed by atoms with Crippen LogP contribution in [0.5, 0.6) is 0 Å². The Morgan fingerprint density at radius 1 is 1.05 bits per heavy atom. The van der Waals surface area contributed by atoms with Gasteiger partial charge in [0.1, 0.15) is 0 Å².